The Morgan fingerprint density at radius 2 is 1.12 bits per heavy atom. The summed E-state index contributed by atoms with van der Waals surface area (Å²) in [6.07, 6.45) is 0.434. The van der Waals surface area contributed by atoms with Gasteiger partial charge < -0.3 is 84.6 Å². The number of aliphatic carboxylic acids is 1. The number of nitrogens with zero attached hydrogens (tertiary/aromatic N) is 2. The molecule has 28 nitrogen and oxygen atoms in total. The largest absolute Gasteiger partial charge is 0.480 e. The van der Waals surface area contributed by atoms with Crippen molar-refractivity contribution in [2.24, 2.45) is 23.1 Å². The molecule has 2 heterocycles. The van der Waals surface area contributed by atoms with Gasteiger partial charge in [-0.2, -0.15) is 11.8 Å². The van der Waals surface area contributed by atoms with E-state index in [1.807, 2.05) is 5.32 Å². The van der Waals surface area contributed by atoms with Crippen LogP contribution in [-0.2, 0) is 57.5 Å². The number of amides is 11. The van der Waals surface area contributed by atoms with Gasteiger partial charge in [-0.3, -0.25) is 52.7 Å². The molecule has 406 valence electrons. The van der Waals surface area contributed by atoms with Crippen molar-refractivity contribution in [3.05, 3.63) is 0 Å². The molecule has 0 saturated carbocycles. The van der Waals surface area contributed by atoms with Crippen molar-refractivity contribution >= 4 is 82.7 Å². The second-order valence-electron chi connectivity index (χ2n) is 17.9. The van der Waals surface area contributed by atoms with Gasteiger partial charge in [0.15, 0.2) is 0 Å². The number of nitrogens with two attached hydrogens (primary N) is 3. The molecule has 10 atom stereocenters. The zero-order valence-corrected chi connectivity index (χ0v) is 41.7. The van der Waals surface area contributed by atoms with Crippen molar-refractivity contribution in [2.45, 2.75) is 145 Å². The van der Waals surface area contributed by atoms with Crippen molar-refractivity contribution in [1.29, 1.82) is 0 Å². The van der Waals surface area contributed by atoms with E-state index in [0.29, 0.717) is 25.0 Å². The molecule has 0 aliphatic carbocycles. The van der Waals surface area contributed by atoms with Crippen molar-refractivity contribution < 1.29 is 78.0 Å². The fourth-order valence-corrected chi connectivity index (χ4v) is 8.26. The lowest BCUT2D eigenvalue weighted by Crippen LogP contribution is -2.62. The molecule has 0 aromatic carbocycles. The number of carbonyl (C=O) groups is 12. The number of likely N-dealkylation sites (tertiary alicyclic amines) is 2. The molecule has 11 amide bonds. The number of carbonyl (C=O) groups excluding carboxylic acids is 11. The van der Waals surface area contributed by atoms with E-state index >= 15 is 0 Å². The topological polar surface area (TPSA) is 455 Å². The number of rotatable bonds is 31. The third-order valence-electron chi connectivity index (χ3n) is 11.7. The molecule has 0 unspecified atom stereocenters. The van der Waals surface area contributed by atoms with E-state index in [1.54, 1.807) is 20.1 Å². The first-order chi connectivity index (χ1) is 33.9. The Labute approximate surface area is 420 Å². The van der Waals surface area contributed by atoms with Gasteiger partial charge in [0.2, 0.25) is 65.0 Å². The number of hydrogen-bond acceptors (Lipinski definition) is 17. The van der Waals surface area contributed by atoms with E-state index in [1.165, 1.54) is 21.6 Å². The minimum absolute atomic E-state index is 0.0133. The number of carboxylic acids is 1. The minimum Gasteiger partial charge on any atom is -0.480 e. The molecule has 0 aromatic heterocycles. The van der Waals surface area contributed by atoms with Crippen LogP contribution >= 0.6 is 11.8 Å². The van der Waals surface area contributed by atoms with Crippen LogP contribution in [0.3, 0.4) is 0 Å². The molecule has 0 radical (unpaired) electrons. The normalized spacial score (nSPS) is 18.7. The predicted octanol–water partition coefficient (Wildman–Crippen LogP) is -6.90. The summed E-state index contributed by atoms with van der Waals surface area (Å²) in [5, 5.41) is 55.6. The van der Waals surface area contributed by atoms with Gasteiger partial charge >= 0.3 is 5.97 Å². The Morgan fingerprint density at radius 1 is 0.625 bits per heavy atom. The fourth-order valence-electron chi connectivity index (χ4n) is 7.79. The summed E-state index contributed by atoms with van der Waals surface area (Å²) in [6.45, 7) is 2.48. The van der Waals surface area contributed by atoms with Gasteiger partial charge in [0.25, 0.3) is 0 Å². The number of aliphatic hydroxyl groups excluding tert-OH is 3. The first-order valence-electron chi connectivity index (χ1n) is 23.5. The third-order valence-corrected chi connectivity index (χ3v) is 12.4. The highest BCUT2D eigenvalue weighted by molar-refractivity contribution is 7.98. The maximum atomic E-state index is 14.0. The van der Waals surface area contributed by atoms with Crippen LogP contribution in [0.5, 0.6) is 0 Å². The highest BCUT2D eigenvalue weighted by atomic mass is 32.2. The Kier molecular flexibility index (Phi) is 26.4. The third kappa shape index (κ3) is 19.8. The summed E-state index contributed by atoms with van der Waals surface area (Å²) in [5.74, 6) is -10.8. The molecule has 2 saturated heterocycles. The van der Waals surface area contributed by atoms with Crippen LogP contribution in [0.4, 0.5) is 0 Å². The fraction of sp³-hybridized carbons (Fsp3) is 0.721. The summed E-state index contributed by atoms with van der Waals surface area (Å²) >= 11 is 1.31. The highest BCUT2D eigenvalue weighted by Gasteiger charge is 2.43. The molecular weight excluding hydrogens is 973 g/mol. The number of thioether (sulfide) groups is 1. The molecule has 0 bridgehead atoms. The average molecular weight is 1050 g/mol. The Balaban J connectivity index is 2.20. The zero-order valence-electron chi connectivity index (χ0n) is 40.9. The Morgan fingerprint density at radius 3 is 1.67 bits per heavy atom. The molecule has 2 aliphatic heterocycles. The van der Waals surface area contributed by atoms with Crippen LogP contribution in [0.1, 0.15) is 85.0 Å². The second-order valence-corrected chi connectivity index (χ2v) is 18.9. The van der Waals surface area contributed by atoms with Gasteiger partial charge in [0.05, 0.1) is 31.9 Å². The molecule has 0 spiro atoms. The molecule has 2 fully saturated rings. The van der Waals surface area contributed by atoms with Crippen LogP contribution < -0.4 is 54.4 Å². The van der Waals surface area contributed by atoms with Gasteiger partial charge in [-0.15, -0.1) is 0 Å². The molecule has 29 heteroatoms. The summed E-state index contributed by atoms with van der Waals surface area (Å²) in [4.78, 5) is 158. The maximum absolute atomic E-state index is 14.0. The molecule has 0 aromatic rings. The SMILES string of the molecule is CSCC[C@H](NC(=O)[C@H](CC(C)C)NC(=O)[C@@H]1CCCN1C(=O)[C@@H]1CCCN1C(=O)CNC(=O)[C@@H](N)CCC(N)=O)C(=O)N[C@@H](CO)C(=O)N[C@H](C(=O)N[C@@H](CCC(N)=O)C(=O)N[C@@H](CO)C(=O)O)[C@@H](C)O. The average Bonchev–Trinajstić information content (AvgIpc) is 4.03. The zero-order chi connectivity index (χ0) is 54.4. The first-order valence-corrected chi connectivity index (χ1v) is 24.9. The van der Waals surface area contributed by atoms with Gasteiger partial charge in [0.1, 0.15) is 48.3 Å². The highest BCUT2D eigenvalue weighted by Crippen LogP contribution is 2.25. The first kappa shape index (κ1) is 61.9. The Hall–Kier alpha value is -6.17. The standard InChI is InChI=1S/C43H72N12O16S/c1-21(2)17-26(50-40(67)29-7-5-15-55(29)42(69)30-8-6-14-54(30)33(61)18-47-35(62)23(44)9-11-31(45)59)38(65)48-25(13-16-72-4)37(64)51-27(19-56)39(66)53-34(22(3)58)41(68)49-24(10-12-32(46)60)36(63)52-28(20-57)43(70)71/h21-30,34,56-58H,5-20,44H2,1-4H3,(H2,45,59)(H2,46,60)(H,47,62)(H,48,65)(H,49,68)(H,50,67)(H,51,64)(H,52,63)(H,53,66)(H,70,71)/t22-,23+,24+,25+,26+,27+,28+,29+,30+,34+/m1/s1. The van der Waals surface area contributed by atoms with E-state index in [0.717, 1.165) is 6.92 Å². The smallest absolute Gasteiger partial charge is 0.328 e. The van der Waals surface area contributed by atoms with Crippen LogP contribution in [0.2, 0.25) is 0 Å². The van der Waals surface area contributed by atoms with Crippen molar-refractivity contribution in [1.82, 2.24) is 47.0 Å². The van der Waals surface area contributed by atoms with E-state index in [9.17, 15) is 78.0 Å². The summed E-state index contributed by atoms with van der Waals surface area (Å²) < 4.78 is 0. The van der Waals surface area contributed by atoms with Crippen LogP contribution in [0.15, 0.2) is 0 Å². The van der Waals surface area contributed by atoms with E-state index in [-0.39, 0.29) is 51.1 Å². The summed E-state index contributed by atoms with van der Waals surface area (Å²) in [6, 6.07) is -12.8. The molecule has 72 heavy (non-hydrogen) atoms. The molecular formula is C43H72N12O16S. The van der Waals surface area contributed by atoms with Crippen LogP contribution in [0.25, 0.3) is 0 Å². The number of primary amides is 2. The minimum atomic E-state index is -1.87. The summed E-state index contributed by atoms with van der Waals surface area (Å²) in [5.41, 5.74) is 16.1. The number of aliphatic hydroxyl groups is 3. The second kappa shape index (κ2) is 30.7. The van der Waals surface area contributed by atoms with Gasteiger partial charge in [-0.1, -0.05) is 13.8 Å². The molecule has 2 rings (SSSR count). The van der Waals surface area contributed by atoms with Crippen molar-refractivity contribution in [3.8, 4) is 0 Å². The predicted molar refractivity (Wildman–Crippen MR) is 255 cm³/mol. The molecule has 2 aliphatic rings. The Bertz CT molecular complexity index is 1960. The van der Waals surface area contributed by atoms with Crippen molar-refractivity contribution in [2.75, 3.05) is 44.9 Å². The lowest BCUT2D eigenvalue weighted by molar-refractivity contribution is -0.147. The molecule has 17 N–H and O–H groups in total. The van der Waals surface area contributed by atoms with Gasteiger partial charge in [0, 0.05) is 25.9 Å². The van der Waals surface area contributed by atoms with Gasteiger partial charge in [-0.25, -0.2) is 4.79 Å². The lowest BCUT2D eigenvalue weighted by atomic mass is 10.0. The van der Waals surface area contributed by atoms with Crippen LogP contribution in [-0.4, -0.2) is 207 Å². The number of hydrogen-bond donors (Lipinski definition) is 14. The van der Waals surface area contributed by atoms with Crippen molar-refractivity contribution in [3.63, 3.8) is 0 Å². The number of nitrogens with one attached hydrogen (secondary N) is 7. The van der Waals surface area contributed by atoms with Crippen LogP contribution in [0, 0.1) is 5.92 Å². The summed E-state index contributed by atoms with van der Waals surface area (Å²) in [7, 11) is 0. The number of carboxylic acid groups (broad SMARTS) is 1. The van der Waals surface area contributed by atoms with E-state index in [2.05, 4.69) is 31.9 Å². The lowest BCUT2D eigenvalue weighted by Gasteiger charge is -2.32. The quantitative estimate of drug-likeness (QED) is 0.0307. The van der Waals surface area contributed by atoms with E-state index < -0.39 is 164 Å². The monoisotopic (exact) mass is 1040 g/mol. The van der Waals surface area contributed by atoms with E-state index in [4.69, 9.17) is 17.2 Å². The maximum Gasteiger partial charge on any atom is 0.328 e. The van der Waals surface area contributed by atoms with Gasteiger partial charge in [-0.05, 0) is 76.2 Å².